The van der Waals surface area contributed by atoms with Crippen molar-refractivity contribution in [1.29, 1.82) is 0 Å². The van der Waals surface area contributed by atoms with Crippen LogP contribution in [0.15, 0.2) is 36.4 Å². The molecule has 0 aromatic heterocycles. The first-order chi connectivity index (χ1) is 19.6. The molecule has 0 aliphatic carbocycles. The van der Waals surface area contributed by atoms with Crippen LogP contribution < -0.4 is 20.9 Å². The van der Waals surface area contributed by atoms with Gasteiger partial charge in [0.25, 0.3) is 11.4 Å². The molecule has 0 saturated heterocycles. The lowest BCUT2D eigenvalue weighted by Gasteiger charge is -2.16. The van der Waals surface area contributed by atoms with Gasteiger partial charge in [0.2, 0.25) is 34.8 Å². The van der Waals surface area contributed by atoms with Gasteiger partial charge in [-0.2, -0.15) is 17.6 Å². The van der Waals surface area contributed by atoms with Crippen molar-refractivity contribution in [2.75, 3.05) is 11.5 Å². The highest BCUT2D eigenvalue weighted by Crippen LogP contribution is 2.44. The highest BCUT2D eigenvalue weighted by atomic mass is 19.2. The maximum atomic E-state index is 14.9. The van der Waals surface area contributed by atoms with Crippen LogP contribution >= 0.6 is 0 Å². The Morgan fingerprint density at radius 1 is 0.524 bits per heavy atom. The minimum atomic E-state index is -2.58. The number of anilines is 2. The van der Waals surface area contributed by atoms with Gasteiger partial charge in [-0.3, -0.25) is 20.2 Å². The van der Waals surface area contributed by atoms with Crippen LogP contribution in [0.2, 0.25) is 0 Å². The third-order valence-electron chi connectivity index (χ3n) is 5.53. The number of rotatable bonds is 7. The van der Waals surface area contributed by atoms with E-state index in [-0.39, 0.29) is 0 Å². The molecule has 0 unspecified atom stereocenters. The molecule has 0 spiro atoms. The quantitative estimate of drug-likeness (QED) is 0.0751. The Morgan fingerprint density at radius 3 is 1.07 bits per heavy atom. The molecular weight excluding hydrogens is 592 g/mol. The molecule has 0 bridgehead atoms. The second-order valence-electron chi connectivity index (χ2n) is 8.08. The molecule has 4 rings (SSSR count). The minimum absolute atomic E-state index is 0.418. The number of hydrogen-bond donors (Lipinski definition) is 2. The Morgan fingerprint density at radius 2 is 0.810 bits per heavy atom. The normalized spacial score (nSPS) is 11.0. The molecule has 10 nitrogen and oxygen atoms in total. The van der Waals surface area contributed by atoms with E-state index in [2.05, 4.69) is 9.47 Å². The Bertz CT molecular complexity index is 1630. The molecule has 0 atom stereocenters. The van der Waals surface area contributed by atoms with Gasteiger partial charge in [-0.15, -0.1) is 0 Å². The topological polar surface area (TPSA) is 157 Å². The van der Waals surface area contributed by atoms with E-state index in [1.807, 2.05) is 0 Å². The fourth-order valence-electron chi connectivity index (χ4n) is 3.57. The molecule has 4 aromatic carbocycles. The van der Waals surface area contributed by atoms with Crippen LogP contribution in [0.4, 0.5) is 57.9 Å². The smallest absolute Gasteiger partial charge is 0.295 e. The van der Waals surface area contributed by atoms with Crippen LogP contribution in [0.3, 0.4) is 0 Å². The van der Waals surface area contributed by atoms with Crippen molar-refractivity contribution in [3.63, 3.8) is 0 Å². The van der Waals surface area contributed by atoms with Crippen molar-refractivity contribution < 1.29 is 54.4 Å². The third kappa shape index (κ3) is 4.88. The summed E-state index contributed by atoms with van der Waals surface area (Å²) in [6, 6.07) is 4.43. The number of halogens is 8. The van der Waals surface area contributed by atoms with Crippen LogP contribution in [0, 0.1) is 66.8 Å². The average Bonchev–Trinajstić information content (AvgIpc) is 2.94. The monoisotopic (exact) mass is 602 g/mol. The van der Waals surface area contributed by atoms with Crippen LogP contribution in [0.25, 0.3) is 11.1 Å². The summed E-state index contributed by atoms with van der Waals surface area (Å²) >= 11 is 0. The summed E-state index contributed by atoms with van der Waals surface area (Å²) in [6.07, 6.45) is 0. The lowest BCUT2D eigenvalue weighted by molar-refractivity contribution is -0.384. The van der Waals surface area contributed by atoms with Gasteiger partial charge < -0.3 is 20.9 Å². The van der Waals surface area contributed by atoms with E-state index in [0.717, 1.165) is 24.3 Å². The molecule has 0 aliphatic heterocycles. The van der Waals surface area contributed by atoms with Crippen molar-refractivity contribution in [1.82, 2.24) is 0 Å². The summed E-state index contributed by atoms with van der Waals surface area (Å²) < 4.78 is 128. The van der Waals surface area contributed by atoms with Crippen molar-refractivity contribution in [3.05, 3.63) is 103 Å². The first-order valence-corrected chi connectivity index (χ1v) is 10.8. The third-order valence-corrected chi connectivity index (χ3v) is 5.53. The predicted molar refractivity (Wildman–Crippen MR) is 127 cm³/mol. The van der Waals surface area contributed by atoms with Gasteiger partial charge in [0.15, 0.2) is 23.3 Å². The zero-order chi connectivity index (χ0) is 31.2. The van der Waals surface area contributed by atoms with Gasteiger partial charge >= 0.3 is 0 Å². The van der Waals surface area contributed by atoms with E-state index >= 15 is 0 Å². The van der Waals surface area contributed by atoms with Crippen LogP contribution in [-0.4, -0.2) is 9.85 Å². The lowest BCUT2D eigenvalue weighted by atomic mass is 10.0. The molecule has 4 aromatic rings. The summed E-state index contributed by atoms with van der Waals surface area (Å²) in [4.78, 5) is 20.0. The highest BCUT2D eigenvalue weighted by Gasteiger charge is 2.36. The molecule has 0 fully saturated rings. The standard InChI is InChI=1S/C24H10F8N4O6/c25-15-13(16(26)20(30)23(19(15)29)41-7-1-3-9(33)11(5-7)35(37)38)14-17(27)21(31)24(22(32)18(14)28)42-8-2-4-10(34)12(6-8)36(39)40/h1-6H,33-34H2. The molecule has 4 N–H and O–H groups in total. The number of nitrogen functional groups attached to an aromatic ring is 2. The molecule has 18 heteroatoms. The van der Waals surface area contributed by atoms with E-state index in [1.54, 1.807) is 0 Å². The van der Waals surface area contributed by atoms with Gasteiger partial charge in [0, 0.05) is 0 Å². The Balaban J connectivity index is 1.83. The van der Waals surface area contributed by atoms with E-state index in [9.17, 15) is 55.4 Å². The number of nitrogens with zero attached hydrogens (tertiary/aromatic N) is 2. The summed E-state index contributed by atoms with van der Waals surface area (Å²) in [7, 11) is 0. The van der Waals surface area contributed by atoms with Gasteiger partial charge in [-0.05, 0) is 24.3 Å². The SMILES string of the molecule is Nc1ccc(Oc2c(F)c(F)c(-c3c(F)c(F)c(Oc4ccc(N)c([N+](=O)[O-])c4)c(F)c3F)c(F)c2F)cc1[N+](=O)[O-]. The molecule has 42 heavy (non-hydrogen) atoms. The summed E-state index contributed by atoms with van der Waals surface area (Å²) in [5.41, 5.74) is 3.79. The van der Waals surface area contributed by atoms with E-state index in [0.29, 0.717) is 12.1 Å². The maximum Gasteiger partial charge on any atom is 0.295 e. The maximum absolute atomic E-state index is 14.9. The second kappa shape index (κ2) is 10.7. The Kier molecular flexibility index (Phi) is 7.47. The second-order valence-corrected chi connectivity index (χ2v) is 8.08. The Hall–Kier alpha value is -5.68. The number of nitro groups is 2. The number of benzene rings is 4. The van der Waals surface area contributed by atoms with Crippen molar-refractivity contribution >= 4 is 22.7 Å². The van der Waals surface area contributed by atoms with Gasteiger partial charge in [-0.1, -0.05) is 0 Å². The fraction of sp³-hybridized carbons (Fsp3) is 0. The zero-order valence-corrected chi connectivity index (χ0v) is 20.0. The largest absolute Gasteiger partial charge is 0.451 e. The van der Waals surface area contributed by atoms with Crippen molar-refractivity contribution in [3.8, 4) is 34.1 Å². The molecule has 218 valence electrons. The van der Waals surface area contributed by atoms with E-state index in [4.69, 9.17) is 11.5 Å². The summed E-state index contributed by atoms with van der Waals surface area (Å²) in [6.45, 7) is 0. The van der Waals surface area contributed by atoms with Gasteiger partial charge in [-0.25, -0.2) is 17.6 Å². The molecule has 0 aliphatic rings. The van der Waals surface area contributed by atoms with Crippen LogP contribution in [-0.2, 0) is 0 Å². The molecule has 0 amide bonds. The number of nitro benzene ring substituents is 2. The number of ether oxygens (including phenoxy) is 2. The van der Waals surface area contributed by atoms with E-state index in [1.165, 1.54) is 0 Å². The Labute approximate surface area is 226 Å². The van der Waals surface area contributed by atoms with Gasteiger partial charge in [0.1, 0.15) is 22.9 Å². The average molecular weight is 602 g/mol. The zero-order valence-electron chi connectivity index (χ0n) is 20.0. The molecule has 0 saturated carbocycles. The molecule has 0 heterocycles. The number of nitrogens with two attached hydrogens (primary N) is 2. The van der Waals surface area contributed by atoms with Gasteiger partial charge in [0.05, 0.1) is 33.1 Å². The highest BCUT2D eigenvalue weighted by molar-refractivity contribution is 5.70. The van der Waals surface area contributed by atoms with Crippen LogP contribution in [0.1, 0.15) is 0 Å². The fourth-order valence-corrected chi connectivity index (χ4v) is 3.57. The minimum Gasteiger partial charge on any atom is -0.451 e. The first-order valence-electron chi connectivity index (χ1n) is 10.8. The first kappa shape index (κ1) is 29.3. The van der Waals surface area contributed by atoms with Crippen molar-refractivity contribution in [2.45, 2.75) is 0 Å². The summed E-state index contributed by atoms with van der Waals surface area (Å²) in [5, 5.41) is 22.0. The van der Waals surface area contributed by atoms with Crippen LogP contribution in [0.5, 0.6) is 23.0 Å². The lowest BCUT2D eigenvalue weighted by Crippen LogP contribution is -2.09. The summed E-state index contributed by atoms with van der Waals surface area (Å²) in [5.74, 6) is -25.3. The van der Waals surface area contributed by atoms with E-state index < -0.39 is 113 Å². The predicted octanol–water partition coefficient (Wildman–Crippen LogP) is 7.03. The van der Waals surface area contributed by atoms with Crippen molar-refractivity contribution in [2.24, 2.45) is 0 Å². The number of hydrogen-bond acceptors (Lipinski definition) is 8. The molecular formula is C24H10F8N4O6. The molecule has 0 radical (unpaired) electrons.